The number of rotatable bonds is 8. The van der Waals surface area contributed by atoms with E-state index in [2.05, 4.69) is 22.1 Å². The number of amides is 2. The highest BCUT2D eigenvalue weighted by atomic mass is 32.1. The zero-order valence-corrected chi connectivity index (χ0v) is 17.2. The van der Waals surface area contributed by atoms with Gasteiger partial charge in [-0.3, -0.25) is 9.59 Å². The fourth-order valence-corrected chi connectivity index (χ4v) is 3.95. The molecule has 150 valence electrons. The van der Waals surface area contributed by atoms with Crippen LogP contribution in [0.2, 0.25) is 0 Å². The van der Waals surface area contributed by atoms with Gasteiger partial charge in [0, 0.05) is 38.9 Å². The summed E-state index contributed by atoms with van der Waals surface area (Å²) >= 11 is 1.48. The second-order valence-electron chi connectivity index (χ2n) is 6.98. The molecule has 7 heteroatoms. The molecule has 0 radical (unpaired) electrons. The van der Waals surface area contributed by atoms with Crippen LogP contribution in [0.25, 0.3) is 0 Å². The summed E-state index contributed by atoms with van der Waals surface area (Å²) in [4.78, 5) is 33.9. The monoisotopic (exact) mass is 400 g/mol. The minimum Gasteiger partial charge on any atom is -0.353 e. The number of aromatic nitrogens is 1. The molecule has 3 rings (SSSR count). The molecule has 1 aliphatic heterocycles. The Morgan fingerprint density at radius 3 is 2.57 bits per heavy atom. The first-order valence-electron chi connectivity index (χ1n) is 10.0. The molecule has 2 amide bonds. The first-order chi connectivity index (χ1) is 13.7. The zero-order chi connectivity index (χ0) is 19.8. The van der Waals surface area contributed by atoms with Gasteiger partial charge >= 0.3 is 0 Å². The lowest BCUT2D eigenvalue weighted by atomic mass is 10.2. The third kappa shape index (κ3) is 5.32. The van der Waals surface area contributed by atoms with Crippen LogP contribution in [0, 0.1) is 0 Å². The van der Waals surface area contributed by atoms with Gasteiger partial charge in [0.15, 0.2) is 0 Å². The predicted molar refractivity (Wildman–Crippen MR) is 113 cm³/mol. The van der Waals surface area contributed by atoms with E-state index in [9.17, 15) is 9.59 Å². The van der Waals surface area contributed by atoms with Gasteiger partial charge in [0.1, 0.15) is 5.82 Å². The van der Waals surface area contributed by atoms with Crippen molar-refractivity contribution >= 4 is 29.0 Å². The van der Waals surface area contributed by atoms with Gasteiger partial charge in [0.25, 0.3) is 11.8 Å². The molecule has 1 saturated heterocycles. The molecule has 1 aliphatic rings. The molecule has 0 atom stereocenters. The highest BCUT2D eigenvalue weighted by molar-refractivity contribution is 7.12. The van der Waals surface area contributed by atoms with E-state index in [1.807, 2.05) is 34.5 Å². The van der Waals surface area contributed by atoms with E-state index in [1.54, 1.807) is 6.20 Å². The lowest BCUT2D eigenvalue weighted by molar-refractivity contribution is 0.0751. The van der Waals surface area contributed by atoms with Crippen molar-refractivity contribution in [3.8, 4) is 0 Å². The van der Waals surface area contributed by atoms with Crippen LogP contribution in [-0.2, 0) is 0 Å². The topological polar surface area (TPSA) is 65.5 Å². The number of anilines is 1. The van der Waals surface area contributed by atoms with Crippen molar-refractivity contribution in [3.63, 3.8) is 0 Å². The molecule has 0 aliphatic carbocycles. The SMILES string of the molecule is CCCCCCNC(=O)c1ccc(N2CCN(C(=O)c3cccs3)CC2)nc1. The second kappa shape index (κ2) is 10.2. The summed E-state index contributed by atoms with van der Waals surface area (Å²) in [5.41, 5.74) is 0.589. The number of pyridine rings is 1. The first-order valence-corrected chi connectivity index (χ1v) is 10.9. The van der Waals surface area contributed by atoms with Crippen LogP contribution in [-0.4, -0.2) is 54.4 Å². The Labute approximate surface area is 170 Å². The molecular weight excluding hydrogens is 372 g/mol. The van der Waals surface area contributed by atoms with Crippen LogP contribution < -0.4 is 10.2 Å². The highest BCUT2D eigenvalue weighted by Crippen LogP contribution is 2.17. The average molecular weight is 401 g/mol. The van der Waals surface area contributed by atoms with E-state index in [0.29, 0.717) is 25.2 Å². The predicted octanol–water partition coefficient (Wildman–Crippen LogP) is 3.42. The van der Waals surface area contributed by atoms with Crippen molar-refractivity contribution in [3.05, 3.63) is 46.3 Å². The molecule has 1 fully saturated rings. The third-order valence-corrected chi connectivity index (χ3v) is 5.81. The minimum atomic E-state index is -0.0677. The lowest BCUT2D eigenvalue weighted by Crippen LogP contribution is -2.48. The summed E-state index contributed by atoms with van der Waals surface area (Å²) < 4.78 is 0. The van der Waals surface area contributed by atoms with Crippen LogP contribution in [0.5, 0.6) is 0 Å². The van der Waals surface area contributed by atoms with E-state index >= 15 is 0 Å². The number of nitrogens with zero attached hydrogens (tertiary/aromatic N) is 3. The van der Waals surface area contributed by atoms with Crippen LogP contribution in [0.1, 0.15) is 52.6 Å². The lowest BCUT2D eigenvalue weighted by Gasteiger charge is -2.35. The van der Waals surface area contributed by atoms with Crippen molar-refractivity contribution in [1.82, 2.24) is 15.2 Å². The molecular formula is C21H28N4O2S. The summed E-state index contributed by atoms with van der Waals surface area (Å²) in [5.74, 6) is 0.887. The highest BCUT2D eigenvalue weighted by Gasteiger charge is 2.23. The summed E-state index contributed by atoms with van der Waals surface area (Å²) in [6.45, 7) is 5.73. The Kier molecular flexibility index (Phi) is 7.42. The van der Waals surface area contributed by atoms with Gasteiger partial charge in [0.2, 0.25) is 0 Å². The smallest absolute Gasteiger partial charge is 0.264 e. The van der Waals surface area contributed by atoms with Crippen molar-refractivity contribution in [1.29, 1.82) is 0 Å². The van der Waals surface area contributed by atoms with Gasteiger partial charge in [-0.1, -0.05) is 32.3 Å². The summed E-state index contributed by atoms with van der Waals surface area (Å²) in [5, 5.41) is 4.88. The van der Waals surface area contributed by atoms with Gasteiger partial charge in [-0.05, 0) is 30.0 Å². The standard InChI is InChI=1S/C21H28N4O2S/c1-2-3-4-5-10-22-20(26)17-8-9-19(23-16-17)24-11-13-25(14-12-24)21(27)18-7-6-15-28-18/h6-9,15-16H,2-5,10-14H2,1H3,(H,22,26). The fourth-order valence-electron chi connectivity index (χ4n) is 3.26. The summed E-state index contributed by atoms with van der Waals surface area (Å²) in [6, 6.07) is 7.49. The maximum atomic E-state index is 12.4. The number of hydrogen-bond donors (Lipinski definition) is 1. The third-order valence-electron chi connectivity index (χ3n) is 4.95. The Balaban J connectivity index is 1.46. The van der Waals surface area contributed by atoms with E-state index < -0.39 is 0 Å². The van der Waals surface area contributed by atoms with E-state index in [4.69, 9.17) is 0 Å². The van der Waals surface area contributed by atoms with Crippen molar-refractivity contribution in [2.75, 3.05) is 37.6 Å². The molecule has 0 bridgehead atoms. The second-order valence-corrected chi connectivity index (χ2v) is 7.93. The molecule has 2 aromatic rings. The van der Waals surface area contributed by atoms with E-state index in [-0.39, 0.29) is 11.8 Å². The van der Waals surface area contributed by atoms with Crippen LogP contribution >= 0.6 is 11.3 Å². The van der Waals surface area contributed by atoms with Crippen molar-refractivity contribution in [2.24, 2.45) is 0 Å². The average Bonchev–Trinajstić information content (AvgIpc) is 3.28. The molecule has 0 spiro atoms. The van der Waals surface area contributed by atoms with Crippen LogP contribution in [0.3, 0.4) is 0 Å². The Morgan fingerprint density at radius 1 is 1.11 bits per heavy atom. The number of carbonyl (C=O) groups excluding carboxylic acids is 2. The summed E-state index contributed by atoms with van der Waals surface area (Å²) in [7, 11) is 0. The Bertz CT molecular complexity index is 753. The molecule has 0 unspecified atom stereocenters. The van der Waals surface area contributed by atoms with Crippen molar-refractivity contribution in [2.45, 2.75) is 32.6 Å². The Morgan fingerprint density at radius 2 is 1.93 bits per heavy atom. The summed E-state index contributed by atoms with van der Waals surface area (Å²) in [6.07, 6.45) is 6.20. The fraction of sp³-hybridized carbons (Fsp3) is 0.476. The number of hydrogen-bond acceptors (Lipinski definition) is 5. The van der Waals surface area contributed by atoms with E-state index in [1.165, 1.54) is 24.2 Å². The normalized spacial score (nSPS) is 14.2. The Hall–Kier alpha value is -2.41. The first kappa shape index (κ1) is 20.3. The number of carbonyl (C=O) groups is 2. The van der Waals surface area contributed by atoms with Crippen LogP contribution in [0.4, 0.5) is 5.82 Å². The van der Waals surface area contributed by atoms with Crippen molar-refractivity contribution < 1.29 is 9.59 Å². The van der Waals surface area contributed by atoms with Crippen LogP contribution in [0.15, 0.2) is 35.8 Å². The largest absolute Gasteiger partial charge is 0.353 e. The number of unbranched alkanes of at least 4 members (excludes halogenated alkanes) is 3. The van der Waals surface area contributed by atoms with Gasteiger partial charge in [-0.15, -0.1) is 11.3 Å². The number of piperazine rings is 1. The van der Waals surface area contributed by atoms with E-state index in [0.717, 1.165) is 36.6 Å². The van der Waals surface area contributed by atoms with Gasteiger partial charge in [-0.2, -0.15) is 0 Å². The number of thiophene rings is 1. The maximum absolute atomic E-state index is 12.4. The molecule has 0 aromatic carbocycles. The molecule has 1 N–H and O–H groups in total. The van der Waals surface area contributed by atoms with Gasteiger partial charge in [0.05, 0.1) is 10.4 Å². The molecule has 3 heterocycles. The molecule has 0 saturated carbocycles. The minimum absolute atomic E-state index is 0.0677. The molecule has 28 heavy (non-hydrogen) atoms. The maximum Gasteiger partial charge on any atom is 0.264 e. The van der Waals surface area contributed by atoms with Gasteiger partial charge < -0.3 is 15.1 Å². The molecule has 6 nitrogen and oxygen atoms in total. The van der Waals surface area contributed by atoms with Gasteiger partial charge in [-0.25, -0.2) is 4.98 Å². The number of nitrogens with one attached hydrogen (secondary N) is 1. The quantitative estimate of drug-likeness (QED) is 0.690. The zero-order valence-electron chi connectivity index (χ0n) is 16.4. The molecule has 2 aromatic heterocycles.